The van der Waals surface area contributed by atoms with E-state index in [0.717, 1.165) is 12.2 Å². The third-order valence-corrected chi connectivity index (χ3v) is 8.34. The predicted molar refractivity (Wildman–Crippen MR) is 268 cm³/mol. The van der Waals surface area contributed by atoms with Gasteiger partial charge in [0, 0.05) is 32.3 Å². The van der Waals surface area contributed by atoms with Crippen LogP contribution >= 0.6 is 23.8 Å². The molecule has 1 aromatic heterocycles. The van der Waals surface area contributed by atoms with E-state index in [2.05, 4.69) is 20.3 Å². The van der Waals surface area contributed by atoms with Crippen LogP contribution in [0, 0.1) is 4.77 Å². The van der Waals surface area contributed by atoms with Gasteiger partial charge in [-0.3, -0.25) is 9.59 Å². The van der Waals surface area contributed by atoms with Crippen molar-refractivity contribution in [2.75, 3.05) is 59.2 Å². The number of aromatic carboxylic acids is 1. The minimum absolute atomic E-state index is 0. The van der Waals surface area contributed by atoms with Gasteiger partial charge in [-0.05, 0) is 54.9 Å². The van der Waals surface area contributed by atoms with Gasteiger partial charge in [0.15, 0.2) is 11.6 Å². The van der Waals surface area contributed by atoms with Crippen molar-refractivity contribution in [3.8, 4) is 5.69 Å². The second kappa shape index (κ2) is 66.3. The molecule has 2 N–H and O–H groups in total. The van der Waals surface area contributed by atoms with Crippen LogP contribution in [0.15, 0.2) is 47.5 Å². The molecule has 1 aromatic carbocycles. The fourth-order valence-corrected chi connectivity index (χ4v) is 5.26. The SMILES string of the molecule is C.C.C.C.C.C.C.C.C.C.CC.CCCN(CCO)S(=O)(=O)F.CCCN(CCOCS(=O)(=O)[O-])S(=O)(=O)F.FCF.FCF.O=C([O-])c1ccc(-n2[nH]nnc2=S)cc1.O=C1C=CC(=O)C(Cl)=C1.[Na+].[Na+]. The summed E-state index contributed by atoms with van der Waals surface area (Å²) in [4.78, 5) is 31.4. The second-order valence-electron chi connectivity index (χ2n) is 9.54. The number of aliphatic hydroxyl groups is 1. The van der Waals surface area contributed by atoms with Crippen molar-refractivity contribution < 1.29 is 144 Å². The summed E-state index contributed by atoms with van der Waals surface area (Å²) in [6, 6.07) is 6.02. The van der Waals surface area contributed by atoms with Crippen molar-refractivity contribution in [2.45, 2.75) is 115 Å². The number of aromatic amines is 1. The van der Waals surface area contributed by atoms with Crippen LogP contribution in [0.25, 0.3) is 5.69 Å². The first kappa shape index (κ1) is 114. The Bertz CT molecular complexity index is 1960. The molecule has 0 radical (unpaired) electrons. The smallest absolute Gasteiger partial charge is 0.746 e. The van der Waals surface area contributed by atoms with Crippen LogP contribution in [0.2, 0.25) is 0 Å². The summed E-state index contributed by atoms with van der Waals surface area (Å²) < 4.78 is 142. The zero-order chi connectivity index (χ0) is 46.8. The van der Waals surface area contributed by atoms with Gasteiger partial charge < -0.3 is 24.3 Å². The van der Waals surface area contributed by atoms with E-state index < -0.39 is 56.7 Å². The molecule has 0 amide bonds. The summed E-state index contributed by atoms with van der Waals surface area (Å²) in [5.74, 6) is -2.82. The van der Waals surface area contributed by atoms with E-state index in [9.17, 15) is 74.6 Å². The number of carboxylic acids is 1. The third-order valence-electron chi connectivity index (χ3n) is 5.36. The Hall–Kier alpha value is -1.68. The van der Waals surface area contributed by atoms with Crippen molar-refractivity contribution in [3.63, 3.8) is 0 Å². The van der Waals surface area contributed by atoms with Crippen LogP contribution < -0.4 is 64.2 Å². The molecule has 0 unspecified atom stereocenters. The van der Waals surface area contributed by atoms with Gasteiger partial charge in [0.2, 0.25) is 18.6 Å². The first-order valence-corrected chi connectivity index (χ1v) is 21.2. The van der Waals surface area contributed by atoms with Crippen LogP contribution in [-0.2, 0) is 45.3 Å². The molecule has 19 nitrogen and oxygen atoms in total. The van der Waals surface area contributed by atoms with Crippen molar-refractivity contribution in [1.82, 2.24) is 28.8 Å². The zero-order valence-electron chi connectivity index (χ0n) is 33.7. The number of aliphatic hydroxyl groups excluding tert-OH is 1. The number of H-pyrrole nitrogens is 1. The van der Waals surface area contributed by atoms with Gasteiger partial charge in [0.1, 0.15) is 16.1 Å². The van der Waals surface area contributed by atoms with E-state index in [4.69, 9.17) is 28.9 Å². The van der Waals surface area contributed by atoms with Crippen molar-refractivity contribution in [2.24, 2.45) is 0 Å². The maximum atomic E-state index is 12.6. The molecule has 0 bridgehead atoms. The van der Waals surface area contributed by atoms with Crippen molar-refractivity contribution in [3.05, 3.63) is 57.9 Å². The van der Waals surface area contributed by atoms with Gasteiger partial charge in [0.05, 0.1) is 29.9 Å². The third kappa shape index (κ3) is 64.4. The fourth-order valence-electron chi connectivity index (χ4n) is 3.19. The Labute approximate surface area is 478 Å². The number of hydrogen-bond donors (Lipinski definition) is 2. The number of carboxylic acid groups (broad SMARTS) is 1. The summed E-state index contributed by atoms with van der Waals surface area (Å²) in [7, 11) is -13.9. The zero-order valence-corrected chi connectivity index (χ0v) is 41.7. The largest absolute Gasteiger partial charge is 1.00 e. The summed E-state index contributed by atoms with van der Waals surface area (Å²) in [5.41, 5.74) is 0.771. The van der Waals surface area contributed by atoms with Crippen LogP contribution in [0.5, 0.6) is 0 Å². The number of tetrazole rings is 1. The van der Waals surface area contributed by atoms with Gasteiger partial charge in [-0.25, -0.2) is 30.7 Å². The monoisotopic (exact) mass is 1170 g/mol. The van der Waals surface area contributed by atoms with E-state index in [-0.39, 0.29) is 200 Å². The van der Waals surface area contributed by atoms with E-state index in [1.165, 1.54) is 22.9 Å². The van der Waals surface area contributed by atoms with E-state index in [1.807, 2.05) is 13.8 Å². The molecular weight excluding hydrogens is 1080 g/mol. The fraction of sp³-hybridized carbons (Fsp3) is 0.641. The minimum atomic E-state index is -4.82. The quantitative estimate of drug-likeness (QED) is 0.0493. The van der Waals surface area contributed by atoms with Crippen LogP contribution in [0.4, 0.5) is 25.3 Å². The number of ketones is 2. The average Bonchev–Trinajstić information content (AvgIpc) is 3.58. The Kier molecular flexibility index (Phi) is 106. The average molecular weight is 1170 g/mol. The Morgan fingerprint density at radius 2 is 1.15 bits per heavy atom. The molecule has 1 aliphatic carbocycles. The number of carbonyl (C=O) groups excluding carboxylic acids is 3. The summed E-state index contributed by atoms with van der Waals surface area (Å²) in [5, 5.41) is 28.5. The number of allylic oxidation sites excluding steroid dienone is 4. The topological polar surface area (TPSA) is 282 Å². The van der Waals surface area contributed by atoms with Crippen LogP contribution in [0.1, 0.15) is 125 Å². The first-order valence-electron chi connectivity index (χ1n) is 16.1. The van der Waals surface area contributed by atoms with Crippen LogP contribution in [-0.4, -0.2) is 140 Å². The standard InChI is InChI=1S/C8H6N4O2S.C6H3ClO2.C6H14FNO6S2.C5H12FNO3S.C2H6.2CH2F2.10CH4.2Na/c13-7(14)5-1-3-6(4-2-5)12-8(15)9-10-11-12;7-5-3-4(8)1-2-6(5)9;1-2-3-8(16(7,12)13)4-5-14-6-15(9,10)11;1-2-3-7(4-5-8)11(6,9)10;1-2;2*2-1-3;;;;;;;;;;;;/h1-4H,(H,13,14)(H,9,11,15);1-3H;2-6H2,1H3,(H,9,10,11);8H,2-5H2,1H3;1-2H3;2*1H2;10*1H4;;/q;;;;;;;;;;;;;;;;;2*+1/p-2. The number of carbonyl (C=O) groups is 3. The summed E-state index contributed by atoms with van der Waals surface area (Å²) >= 11 is 10.2. The molecule has 0 atom stereocenters. The van der Waals surface area contributed by atoms with Gasteiger partial charge in [-0.15, -0.1) is 0 Å². The molecule has 2 aromatic rings. The second-order valence-corrected chi connectivity index (χ2v) is 14.3. The van der Waals surface area contributed by atoms with Gasteiger partial charge in [-0.2, -0.15) is 30.7 Å². The normalized spacial score (nSPS) is 9.93. The maximum Gasteiger partial charge on any atom is 1.00 e. The number of aromatic nitrogens is 4. The summed E-state index contributed by atoms with van der Waals surface area (Å²) in [6.07, 6.45) is 4.38. The molecule has 1 aliphatic rings. The van der Waals surface area contributed by atoms with E-state index in [0.29, 0.717) is 27.1 Å². The number of benzene rings is 1. The maximum absolute atomic E-state index is 12.6. The van der Waals surface area contributed by atoms with Gasteiger partial charge >= 0.3 is 79.9 Å². The van der Waals surface area contributed by atoms with Crippen molar-refractivity contribution >= 4 is 72.3 Å². The van der Waals surface area contributed by atoms with Gasteiger partial charge in [0.25, 0.3) is 0 Å². The molecule has 32 heteroatoms. The molecule has 0 saturated heterocycles. The number of halogens is 7. The number of alkyl halides is 4. The Morgan fingerprint density at radius 1 is 0.775 bits per heavy atom. The molecule has 3 rings (SSSR count). The number of nitrogens with zero attached hydrogens (tertiary/aromatic N) is 5. The molecule has 0 saturated carbocycles. The number of nitrogens with one attached hydrogen (secondary N) is 1. The predicted octanol–water partition coefficient (Wildman–Crippen LogP) is 3.00. The number of rotatable bonds is 15. The van der Waals surface area contributed by atoms with E-state index >= 15 is 0 Å². The Balaban J connectivity index is -0.0000000371. The molecule has 0 spiro atoms. The minimum Gasteiger partial charge on any atom is -0.746 e. The van der Waals surface area contributed by atoms with Crippen molar-refractivity contribution in [1.29, 1.82) is 0 Å². The van der Waals surface area contributed by atoms with Crippen LogP contribution in [0.3, 0.4) is 0 Å². The first-order chi connectivity index (χ1) is 27.4. The molecule has 422 valence electrons. The summed E-state index contributed by atoms with van der Waals surface area (Å²) in [6.45, 7) is 2.74. The molecular formula is C39H83ClF6N6Na2O13S4. The molecule has 1 heterocycles. The van der Waals surface area contributed by atoms with Gasteiger partial charge in [-0.1, -0.05) is 144 Å². The molecule has 0 fully saturated rings. The molecule has 0 aliphatic heterocycles. The van der Waals surface area contributed by atoms with E-state index in [1.54, 1.807) is 26.0 Å². The number of hydrogen-bond acceptors (Lipinski definition) is 16. The number of ether oxygens (including phenoxy) is 1. The molecule has 71 heavy (non-hydrogen) atoms. The Morgan fingerprint density at radius 3 is 1.42 bits per heavy atom.